The number of nitrogens with two attached hydrogens (primary N) is 1. The first-order chi connectivity index (χ1) is 9.19. The molecule has 0 unspecified atom stereocenters. The zero-order chi connectivity index (χ0) is 13.7. The van der Waals surface area contributed by atoms with Crippen molar-refractivity contribution in [1.82, 2.24) is 20.8 Å². The van der Waals surface area contributed by atoms with Crippen molar-refractivity contribution >= 4 is 23.4 Å². The molecule has 1 aromatic carbocycles. The van der Waals surface area contributed by atoms with E-state index in [4.69, 9.17) is 5.73 Å². The maximum atomic E-state index is 11.7. The van der Waals surface area contributed by atoms with Crippen LogP contribution in [-0.4, -0.2) is 22.9 Å². The number of carbonyl (C=O) groups is 1. The van der Waals surface area contributed by atoms with Crippen molar-refractivity contribution in [2.45, 2.75) is 0 Å². The fourth-order valence-corrected chi connectivity index (χ4v) is 1.49. The topological polar surface area (TPSA) is 105 Å². The van der Waals surface area contributed by atoms with E-state index in [1.54, 1.807) is 37.5 Å². The van der Waals surface area contributed by atoms with Crippen LogP contribution in [0.25, 0.3) is 0 Å². The average Bonchev–Trinajstić information content (AvgIpc) is 2.39. The standard InChI is InChI=1S/C12H14N6O/c1-14-18-11(19)8-3-2-4-9(7-8)16-12-15-6-5-10(13)17-12/h2-7,14H,1H3,(H,18,19)(H3,13,15,16,17). The predicted octanol–water partition coefficient (Wildman–Crippen LogP) is 0.667. The monoisotopic (exact) mass is 258 g/mol. The summed E-state index contributed by atoms with van der Waals surface area (Å²) in [5.74, 6) is 0.535. The van der Waals surface area contributed by atoms with Crippen LogP contribution in [-0.2, 0) is 0 Å². The Bertz CT molecular complexity index is 586. The number of benzene rings is 1. The summed E-state index contributed by atoms with van der Waals surface area (Å²) in [4.78, 5) is 19.7. The minimum absolute atomic E-state index is 0.223. The number of hydrogen-bond donors (Lipinski definition) is 4. The van der Waals surface area contributed by atoms with Crippen LogP contribution in [0.15, 0.2) is 36.5 Å². The Hall–Kier alpha value is -2.67. The zero-order valence-electron chi connectivity index (χ0n) is 10.3. The van der Waals surface area contributed by atoms with Gasteiger partial charge < -0.3 is 11.1 Å². The van der Waals surface area contributed by atoms with Gasteiger partial charge in [-0.1, -0.05) is 6.07 Å². The summed E-state index contributed by atoms with van der Waals surface area (Å²) in [5.41, 5.74) is 11.9. The number of anilines is 3. The molecule has 2 aromatic rings. The molecular formula is C12H14N6O. The summed E-state index contributed by atoms with van der Waals surface area (Å²) in [7, 11) is 1.63. The van der Waals surface area contributed by atoms with E-state index < -0.39 is 0 Å². The Kier molecular flexibility index (Phi) is 3.89. The van der Waals surface area contributed by atoms with E-state index in [-0.39, 0.29) is 5.91 Å². The summed E-state index contributed by atoms with van der Waals surface area (Å²) in [6.45, 7) is 0. The number of rotatable bonds is 4. The van der Waals surface area contributed by atoms with Crippen LogP contribution < -0.4 is 21.9 Å². The quantitative estimate of drug-likeness (QED) is 0.601. The molecule has 0 fully saturated rings. The number of hydrazine groups is 1. The molecule has 0 aliphatic rings. The minimum atomic E-state index is -0.223. The van der Waals surface area contributed by atoms with Gasteiger partial charge in [0.15, 0.2) is 0 Å². The molecule has 0 aliphatic heterocycles. The Morgan fingerprint density at radius 2 is 2.16 bits per heavy atom. The van der Waals surface area contributed by atoms with Gasteiger partial charge in [-0.25, -0.2) is 10.4 Å². The largest absolute Gasteiger partial charge is 0.384 e. The summed E-state index contributed by atoms with van der Waals surface area (Å²) < 4.78 is 0. The fourth-order valence-electron chi connectivity index (χ4n) is 1.49. The van der Waals surface area contributed by atoms with E-state index in [0.717, 1.165) is 0 Å². The molecule has 7 nitrogen and oxygen atoms in total. The lowest BCUT2D eigenvalue weighted by Gasteiger charge is -2.07. The predicted molar refractivity (Wildman–Crippen MR) is 72.7 cm³/mol. The molecule has 0 spiro atoms. The van der Waals surface area contributed by atoms with Crippen LogP contribution >= 0.6 is 0 Å². The Balaban J connectivity index is 2.17. The molecule has 2 rings (SSSR count). The van der Waals surface area contributed by atoms with Gasteiger partial charge in [0.05, 0.1) is 0 Å². The SMILES string of the molecule is CNNC(=O)c1cccc(Nc2nccc(N)n2)c1. The van der Waals surface area contributed by atoms with Crippen LogP contribution in [0.1, 0.15) is 10.4 Å². The molecule has 1 heterocycles. The summed E-state index contributed by atoms with van der Waals surface area (Å²) in [5, 5.41) is 2.98. The van der Waals surface area contributed by atoms with Gasteiger partial charge >= 0.3 is 0 Å². The van der Waals surface area contributed by atoms with Crippen LogP contribution in [0.3, 0.4) is 0 Å². The highest BCUT2D eigenvalue weighted by atomic mass is 16.2. The van der Waals surface area contributed by atoms with Crippen LogP contribution in [0.5, 0.6) is 0 Å². The number of nitrogens with zero attached hydrogens (tertiary/aromatic N) is 2. The molecular weight excluding hydrogens is 244 g/mol. The Labute approximate surface area is 110 Å². The van der Waals surface area contributed by atoms with E-state index >= 15 is 0 Å². The van der Waals surface area contributed by atoms with Crippen molar-refractivity contribution in [2.24, 2.45) is 0 Å². The fraction of sp³-hybridized carbons (Fsp3) is 0.0833. The van der Waals surface area contributed by atoms with Gasteiger partial charge in [-0.15, -0.1) is 0 Å². The summed E-state index contributed by atoms with van der Waals surface area (Å²) >= 11 is 0. The van der Waals surface area contributed by atoms with E-state index in [1.165, 1.54) is 0 Å². The lowest BCUT2D eigenvalue weighted by Crippen LogP contribution is -2.34. The minimum Gasteiger partial charge on any atom is -0.384 e. The van der Waals surface area contributed by atoms with Gasteiger partial charge in [-0.3, -0.25) is 10.2 Å². The maximum absolute atomic E-state index is 11.7. The van der Waals surface area contributed by atoms with E-state index in [0.29, 0.717) is 23.0 Å². The molecule has 5 N–H and O–H groups in total. The Morgan fingerprint density at radius 3 is 2.89 bits per heavy atom. The molecule has 0 radical (unpaired) electrons. The van der Waals surface area contributed by atoms with Crippen LogP contribution in [0, 0.1) is 0 Å². The van der Waals surface area contributed by atoms with Gasteiger partial charge in [0, 0.05) is 24.5 Å². The lowest BCUT2D eigenvalue weighted by molar-refractivity contribution is 0.0938. The molecule has 0 aliphatic carbocycles. The third kappa shape index (κ3) is 3.39. The normalized spacial score (nSPS) is 9.95. The number of nitrogen functional groups attached to an aromatic ring is 1. The molecule has 19 heavy (non-hydrogen) atoms. The molecule has 0 saturated heterocycles. The van der Waals surface area contributed by atoms with Crippen molar-refractivity contribution in [2.75, 3.05) is 18.1 Å². The van der Waals surface area contributed by atoms with Crippen molar-refractivity contribution in [3.8, 4) is 0 Å². The smallest absolute Gasteiger partial charge is 0.265 e. The highest BCUT2D eigenvalue weighted by Crippen LogP contribution is 2.15. The third-order valence-electron chi connectivity index (χ3n) is 2.30. The van der Waals surface area contributed by atoms with Gasteiger partial charge in [0.25, 0.3) is 5.91 Å². The molecule has 98 valence electrons. The van der Waals surface area contributed by atoms with Crippen molar-refractivity contribution in [3.63, 3.8) is 0 Å². The van der Waals surface area contributed by atoms with Gasteiger partial charge in [-0.2, -0.15) is 4.98 Å². The summed E-state index contributed by atoms with van der Waals surface area (Å²) in [6, 6.07) is 8.57. The van der Waals surface area contributed by atoms with Crippen molar-refractivity contribution in [1.29, 1.82) is 0 Å². The average molecular weight is 258 g/mol. The number of carbonyl (C=O) groups excluding carboxylic acids is 1. The number of nitrogens with one attached hydrogen (secondary N) is 3. The first-order valence-corrected chi connectivity index (χ1v) is 5.62. The molecule has 7 heteroatoms. The molecule has 0 bridgehead atoms. The van der Waals surface area contributed by atoms with E-state index in [1.807, 2.05) is 6.07 Å². The van der Waals surface area contributed by atoms with Crippen molar-refractivity contribution in [3.05, 3.63) is 42.1 Å². The van der Waals surface area contributed by atoms with Crippen LogP contribution in [0.2, 0.25) is 0 Å². The first-order valence-electron chi connectivity index (χ1n) is 5.62. The molecule has 1 amide bonds. The van der Waals surface area contributed by atoms with Crippen molar-refractivity contribution < 1.29 is 4.79 Å². The second kappa shape index (κ2) is 5.78. The van der Waals surface area contributed by atoms with Gasteiger partial charge in [-0.05, 0) is 24.3 Å². The van der Waals surface area contributed by atoms with E-state index in [9.17, 15) is 4.79 Å². The number of aromatic nitrogens is 2. The second-order valence-electron chi connectivity index (χ2n) is 3.72. The first kappa shape index (κ1) is 12.8. The van der Waals surface area contributed by atoms with E-state index in [2.05, 4.69) is 26.1 Å². The second-order valence-corrected chi connectivity index (χ2v) is 3.72. The number of amides is 1. The summed E-state index contributed by atoms with van der Waals surface area (Å²) in [6.07, 6.45) is 1.56. The van der Waals surface area contributed by atoms with Gasteiger partial charge in [0.2, 0.25) is 5.95 Å². The highest BCUT2D eigenvalue weighted by molar-refractivity contribution is 5.94. The maximum Gasteiger partial charge on any atom is 0.265 e. The molecule has 1 aromatic heterocycles. The highest BCUT2D eigenvalue weighted by Gasteiger charge is 2.05. The zero-order valence-corrected chi connectivity index (χ0v) is 10.3. The van der Waals surface area contributed by atoms with Gasteiger partial charge in [0.1, 0.15) is 5.82 Å². The van der Waals surface area contributed by atoms with Crippen LogP contribution in [0.4, 0.5) is 17.5 Å². The lowest BCUT2D eigenvalue weighted by atomic mass is 10.2. The molecule has 0 saturated carbocycles. The third-order valence-corrected chi connectivity index (χ3v) is 2.30. The number of hydrogen-bond acceptors (Lipinski definition) is 6. The Morgan fingerprint density at radius 1 is 1.32 bits per heavy atom. The molecule has 0 atom stereocenters.